The van der Waals surface area contributed by atoms with Crippen molar-refractivity contribution in [1.29, 1.82) is 0 Å². The molecule has 112 valence electrons. The van der Waals surface area contributed by atoms with E-state index in [1.807, 2.05) is 0 Å². The third-order valence-corrected chi connectivity index (χ3v) is 4.18. The van der Waals surface area contributed by atoms with Crippen LogP contribution in [0.2, 0.25) is 0 Å². The third kappa shape index (κ3) is 2.64. The van der Waals surface area contributed by atoms with E-state index in [0.717, 1.165) is 25.1 Å². The first-order chi connectivity index (χ1) is 9.62. The van der Waals surface area contributed by atoms with Gasteiger partial charge in [0, 0.05) is 12.1 Å². The second-order valence-corrected chi connectivity index (χ2v) is 6.23. The van der Waals surface area contributed by atoms with Crippen LogP contribution in [0.15, 0.2) is 27.8 Å². The van der Waals surface area contributed by atoms with Crippen LogP contribution in [0, 0.1) is 10.1 Å². The average molecular weight is 315 g/mol. The first-order valence-electron chi connectivity index (χ1n) is 5.61. The van der Waals surface area contributed by atoms with Crippen molar-refractivity contribution < 1.29 is 19.3 Å². The fourth-order valence-corrected chi connectivity index (χ4v) is 2.39. The normalized spacial score (nSPS) is 13.3. The number of aromatic nitrogens is 2. The van der Waals surface area contributed by atoms with Crippen molar-refractivity contribution in [2.45, 2.75) is 12.7 Å². The summed E-state index contributed by atoms with van der Waals surface area (Å²) in [4.78, 5) is 53.9. The summed E-state index contributed by atoms with van der Waals surface area (Å²) in [5.41, 5.74) is -2.67. The number of nitro groups is 1. The molecule has 11 heteroatoms. The number of nitrogens with zero attached hydrogens (tertiary/aromatic N) is 2. The highest BCUT2D eigenvalue weighted by Gasteiger charge is 2.29. The topological polar surface area (TPSA) is 156 Å². The summed E-state index contributed by atoms with van der Waals surface area (Å²) in [6, 6.07) is 3.24. The van der Waals surface area contributed by atoms with E-state index >= 15 is 0 Å². The van der Waals surface area contributed by atoms with Gasteiger partial charge in [-0.2, -0.15) is 0 Å². The molecule has 0 saturated carbocycles. The second kappa shape index (κ2) is 4.92. The monoisotopic (exact) mass is 315 g/mol. The number of fused-ring (bicyclic) bond motifs is 1. The Labute approximate surface area is 116 Å². The fraction of sp³-hybridized carbons (Fsp3) is 0.200. The standard InChI is InChI=1S/C10H10N3O7P/c1-5(21(18,19)20)12-8-3-2-6(13(16)17)4-7(8)11-9(14)10(12)15/h2-5H,1H3,(H,11,14)(H2,18,19,20). The highest BCUT2D eigenvalue weighted by molar-refractivity contribution is 7.51. The van der Waals surface area contributed by atoms with Crippen molar-refractivity contribution in [2.24, 2.45) is 0 Å². The SMILES string of the molecule is CC(n1c(=O)c(=O)[nH]c2cc([N+](=O)[O-])ccc21)P(=O)(O)O. The van der Waals surface area contributed by atoms with Gasteiger partial charge in [-0.05, 0) is 13.0 Å². The molecule has 1 atom stereocenters. The lowest BCUT2D eigenvalue weighted by atomic mass is 10.2. The maximum absolute atomic E-state index is 11.8. The Morgan fingerprint density at radius 2 is 2.00 bits per heavy atom. The van der Waals surface area contributed by atoms with Crippen LogP contribution >= 0.6 is 7.60 Å². The zero-order valence-electron chi connectivity index (χ0n) is 10.6. The van der Waals surface area contributed by atoms with Crippen molar-refractivity contribution in [1.82, 2.24) is 9.55 Å². The van der Waals surface area contributed by atoms with Gasteiger partial charge in [-0.25, -0.2) is 0 Å². The molecule has 10 nitrogen and oxygen atoms in total. The summed E-state index contributed by atoms with van der Waals surface area (Å²) in [7, 11) is -4.68. The summed E-state index contributed by atoms with van der Waals surface area (Å²) >= 11 is 0. The number of hydrogen-bond acceptors (Lipinski definition) is 5. The van der Waals surface area contributed by atoms with E-state index in [0.29, 0.717) is 4.57 Å². The van der Waals surface area contributed by atoms with Crippen LogP contribution < -0.4 is 11.1 Å². The maximum atomic E-state index is 11.8. The highest BCUT2D eigenvalue weighted by atomic mass is 31.2. The smallest absolute Gasteiger partial charge is 0.323 e. The van der Waals surface area contributed by atoms with Crippen LogP contribution in [-0.2, 0) is 4.57 Å². The minimum atomic E-state index is -4.68. The van der Waals surface area contributed by atoms with Crippen molar-refractivity contribution in [3.8, 4) is 0 Å². The zero-order chi connectivity index (χ0) is 15.9. The molecular formula is C10H10N3O7P. The van der Waals surface area contributed by atoms with Gasteiger partial charge < -0.3 is 14.8 Å². The van der Waals surface area contributed by atoms with E-state index in [2.05, 4.69) is 4.98 Å². The molecular weight excluding hydrogens is 305 g/mol. The molecule has 21 heavy (non-hydrogen) atoms. The number of non-ortho nitro benzene ring substituents is 1. The van der Waals surface area contributed by atoms with E-state index in [1.165, 1.54) is 0 Å². The summed E-state index contributed by atoms with van der Waals surface area (Å²) in [5.74, 6) is -1.57. The van der Waals surface area contributed by atoms with Gasteiger partial charge in [0.25, 0.3) is 5.69 Å². The van der Waals surface area contributed by atoms with E-state index in [4.69, 9.17) is 0 Å². The summed E-state index contributed by atoms with van der Waals surface area (Å²) < 4.78 is 12.0. The predicted molar refractivity (Wildman–Crippen MR) is 72.2 cm³/mol. The molecule has 1 aromatic heterocycles. The number of H-pyrrole nitrogens is 1. The van der Waals surface area contributed by atoms with Crippen molar-refractivity contribution in [2.75, 3.05) is 0 Å². The Morgan fingerprint density at radius 1 is 1.38 bits per heavy atom. The summed E-state index contributed by atoms with van der Waals surface area (Å²) in [6.45, 7) is 1.09. The molecule has 2 rings (SSSR count). The molecule has 0 fully saturated rings. The van der Waals surface area contributed by atoms with Gasteiger partial charge in [0.2, 0.25) is 0 Å². The minimum absolute atomic E-state index is 0.0129. The van der Waals surface area contributed by atoms with Crippen LogP contribution in [-0.4, -0.2) is 24.3 Å². The Kier molecular flexibility index (Phi) is 3.54. The van der Waals surface area contributed by atoms with Gasteiger partial charge in [-0.1, -0.05) is 0 Å². The van der Waals surface area contributed by atoms with Crippen LogP contribution in [0.25, 0.3) is 11.0 Å². The van der Waals surface area contributed by atoms with Gasteiger partial charge in [-0.15, -0.1) is 0 Å². The average Bonchev–Trinajstić information content (AvgIpc) is 2.38. The quantitative estimate of drug-likeness (QED) is 0.318. The second-order valence-electron chi connectivity index (χ2n) is 4.31. The number of nitrogens with one attached hydrogen (secondary N) is 1. The molecule has 0 aliphatic rings. The van der Waals surface area contributed by atoms with Crippen molar-refractivity contribution in [3.05, 3.63) is 49.0 Å². The molecule has 1 aromatic carbocycles. The molecule has 0 amide bonds. The molecule has 0 aliphatic carbocycles. The minimum Gasteiger partial charge on any atom is -0.323 e. The van der Waals surface area contributed by atoms with E-state index in [9.17, 15) is 34.1 Å². The Hall–Kier alpha value is -2.29. The summed E-state index contributed by atoms with van der Waals surface area (Å²) in [5, 5.41) is 10.7. The Balaban J connectivity index is 2.90. The van der Waals surface area contributed by atoms with Crippen molar-refractivity contribution in [3.63, 3.8) is 0 Å². The van der Waals surface area contributed by atoms with Crippen LogP contribution in [0.3, 0.4) is 0 Å². The zero-order valence-corrected chi connectivity index (χ0v) is 11.5. The van der Waals surface area contributed by atoms with Gasteiger partial charge in [-0.3, -0.25) is 28.8 Å². The van der Waals surface area contributed by atoms with E-state index < -0.39 is 29.4 Å². The first kappa shape index (κ1) is 15.1. The number of hydrogen-bond donors (Lipinski definition) is 3. The molecule has 2 aromatic rings. The number of benzene rings is 1. The number of rotatable bonds is 3. The maximum Gasteiger partial charge on any atom is 0.347 e. The first-order valence-corrected chi connectivity index (χ1v) is 7.29. The van der Waals surface area contributed by atoms with Gasteiger partial charge in [0.05, 0.1) is 16.0 Å². The Bertz CT molecular complexity index is 894. The lowest BCUT2D eigenvalue weighted by molar-refractivity contribution is -0.384. The van der Waals surface area contributed by atoms with Crippen LogP contribution in [0.4, 0.5) is 5.69 Å². The van der Waals surface area contributed by atoms with E-state index in [-0.39, 0.29) is 16.7 Å². The molecule has 0 radical (unpaired) electrons. The number of aromatic amines is 1. The van der Waals surface area contributed by atoms with Crippen LogP contribution in [0.5, 0.6) is 0 Å². The highest BCUT2D eigenvalue weighted by Crippen LogP contribution is 2.48. The lowest BCUT2D eigenvalue weighted by Gasteiger charge is -2.18. The molecule has 3 N–H and O–H groups in total. The van der Waals surface area contributed by atoms with Gasteiger partial charge in [0.15, 0.2) is 0 Å². The molecule has 1 heterocycles. The summed E-state index contributed by atoms with van der Waals surface area (Å²) in [6.07, 6.45) is 0. The van der Waals surface area contributed by atoms with Crippen molar-refractivity contribution >= 4 is 24.3 Å². The molecule has 0 spiro atoms. The lowest BCUT2D eigenvalue weighted by Crippen LogP contribution is -2.37. The third-order valence-electron chi connectivity index (χ3n) is 2.97. The Morgan fingerprint density at radius 3 is 2.52 bits per heavy atom. The largest absolute Gasteiger partial charge is 0.347 e. The molecule has 0 aliphatic heterocycles. The fourth-order valence-electron chi connectivity index (χ4n) is 1.86. The van der Waals surface area contributed by atoms with Gasteiger partial charge >= 0.3 is 18.7 Å². The van der Waals surface area contributed by atoms with Crippen LogP contribution in [0.1, 0.15) is 12.7 Å². The molecule has 0 saturated heterocycles. The molecule has 1 unspecified atom stereocenters. The predicted octanol–water partition coefficient (Wildman–Crippen LogP) is 0.294. The molecule has 0 bridgehead atoms. The number of nitro benzene ring substituents is 1. The van der Waals surface area contributed by atoms with E-state index in [1.54, 1.807) is 0 Å². The van der Waals surface area contributed by atoms with Gasteiger partial charge in [0.1, 0.15) is 5.78 Å².